The highest BCUT2D eigenvalue weighted by Crippen LogP contribution is 2.38. The summed E-state index contributed by atoms with van der Waals surface area (Å²) in [5, 5.41) is 9.36. The summed E-state index contributed by atoms with van der Waals surface area (Å²) in [7, 11) is 1.38. The lowest BCUT2D eigenvalue weighted by Gasteiger charge is -2.26. The number of hydrogen-bond acceptors (Lipinski definition) is 5. The van der Waals surface area contributed by atoms with Crippen LogP contribution in [0, 0.1) is 5.92 Å². The predicted octanol–water partition coefficient (Wildman–Crippen LogP) is 6.58. The second kappa shape index (κ2) is 12.7. The molecule has 1 heterocycles. The zero-order chi connectivity index (χ0) is 29.7. The number of amides is 2. The number of hydrazone groups is 1. The molecule has 1 aliphatic carbocycles. The van der Waals surface area contributed by atoms with Crippen LogP contribution in [0.3, 0.4) is 0 Å². The minimum absolute atomic E-state index is 0.0135. The summed E-state index contributed by atoms with van der Waals surface area (Å²) in [5.74, 6) is -0.404. The van der Waals surface area contributed by atoms with Gasteiger partial charge in [-0.15, -0.1) is 0 Å². The predicted molar refractivity (Wildman–Crippen MR) is 164 cm³/mol. The van der Waals surface area contributed by atoms with Gasteiger partial charge in [-0.25, -0.2) is 5.01 Å². The van der Waals surface area contributed by atoms with Crippen LogP contribution in [-0.2, 0) is 31.1 Å². The van der Waals surface area contributed by atoms with Crippen molar-refractivity contribution in [1.29, 1.82) is 0 Å². The third-order valence-electron chi connectivity index (χ3n) is 8.58. The van der Waals surface area contributed by atoms with E-state index in [1.165, 1.54) is 7.11 Å². The van der Waals surface area contributed by atoms with E-state index < -0.39 is 5.41 Å². The first-order chi connectivity index (χ1) is 20.3. The fourth-order valence-electron chi connectivity index (χ4n) is 6.07. The Balaban J connectivity index is 1.33. The lowest BCUT2D eigenvalue weighted by molar-refractivity contribution is -0.146. The van der Waals surface area contributed by atoms with Crippen LogP contribution in [-0.4, -0.2) is 35.6 Å². The summed E-state index contributed by atoms with van der Waals surface area (Å²) in [6, 6.07) is 25.4. The monoisotopic (exact) mass is 565 g/mol. The molecule has 0 saturated heterocycles. The first kappa shape index (κ1) is 29.2. The van der Waals surface area contributed by atoms with E-state index in [-0.39, 0.29) is 29.6 Å². The summed E-state index contributed by atoms with van der Waals surface area (Å²) in [6.07, 6.45) is 5.33. The van der Waals surface area contributed by atoms with Gasteiger partial charge in [-0.1, -0.05) is 79.6 Å². The van der Waals surface area contributed by atoms with Gasteiger partial charge in [-0.2, -0.15) is 5.10 Å². The van der Waals surface area contributed by atoms with Gasteiger partial charge in [-0.05, 0) is 67.0 Å². The van der Waals surface area contributed by atoms with Crippen LogP contribution in [0.1, 0.15) is 80.5 Å². The van der Waals surface area contributed by atoms with Crippen molar-refractivity contribution in [2.45, 2.75) is 70.3 Å². The van der Waals surface area contributed by atoms with Gasteiger partial charge in [0.25, 0.3) is 0 Å². The zero-order valence-corrected chi connectivity index (χ0v) is 24.6. The van der Waals surface area contributed by atoms with Crippen LogP contribution in [0.5, 0.6) is 0 Å². The number of nitrogens with zero attached hydrogens (tertiary/aromatic N) is 2. The van der Waals surface area contributed by atoms with Crippen molar-refractivity contribution < 1.29 is 19.1 Å². The Hall–Kier alpha value is -4.26. The van der Waals surface area contributed by atoms with E-state index in [2.05, 4.69) is 10.4 Å². The molecule has 218 valence electrons. The quantitative estimate of drug-likeness (QED) is 0.297. The van der Waals surface area contributed by atoms with Crippen molar-refractivity contribution in [3.8, 4) is 0 Å². The summed E-state index contributed by atoms with van der Waals surface area (Å²) in [4.78, 5) is 38.8. The SMILES string of the molecule is COC(=O)C(C)(C)c1cccc(NC(=O)C(c2ccc(CN3N=C(c4ccccc4)CCC3=O)cc2)C2CCCC2)c1. The van der Waals surface area contributed by atoms with Crippen LogP contribution < -0.4 is 5.32 Å². The largest absolute Gasteiger partial charge is 0.468 e. The Morgan fingerprint density at radius 1 is 0.976 bits per heavy atom. The summed E-state index contributed by atoms with van der Waals surface area (Å²) in [6.45, 7) is 4.01. The molecule has 7 heteroatoms. The van der Waals surface area contributed by atoms with E-state index >= 15 is 0 Å². The topological polar surface area (TPSA) is 88.1 Å². The van der Waals surface area contributed by atoms with Crippen molar-refractivity contribution in [3.05, 3.63) is 101 Å². The molecule has 3 aromatic carbocycles. The Kier molecular flexibility index (Phi) is 8.86. The molecule has 42 heavy (non-hydrogen) atoms. The van der Waals surface area contributed by atoms with Gasteiger partial charge in [0.2, 0.25) is 11.8 Å². The first-order valence-corrected chi connectivity index (χ1v) is 14.8. The lowest BCUT2D eigenvalue weighted by atomic mass is 9.83. The van der Waals surface area contributed by atoms with Crippen molar-refractivity contribution >= 4 is 29.2 Å². The number of anilines is 1. The van der Waals surface area contributed by atoms with Crippen LogP contribution in [0.2, 0.25) is 0 Å². The van der Waals surface area contributed by atoms with Crippen LogP contribution in [0.4, 0.5) is 5.69 Å². The average Bonchev–Trinajstić information content (AvgIpc) is 3.54. The first-order valence-electron chi connectivity index (χ1n) is 14.8. The highest BCUT2D eigenvalue weighted by atomic mass is 16.5. The second-order valence-electron chi connectivity index (χ2n) is 11.8. The average molecular weight is 566 g/mol. The summed E-state index contributed by atoms with van der Waals surface area (Å²) in [5.41, 5.74) is 4.49. The standard InChI is InChI=1S/C35H39N3O4/c1-35(2,34(41)42-3)28-14-9-15-29(22-28)36-33(40)32(26-12-7-8-13-26)27-18-16-24(17-19-27)23-38-31(39)21-20-30(37-38)25-10-5-4-6-11-25/h4-6,9-11,14-19,22,26,32H,7-8,12-13,20-21,23H2,1-3H3,(H,36,40). The van der Waals surface area contributed by atoms with Gasteiger partial charge >= 0.3 is 5.97 Å². The van der Waals surface area contributed by atoms with Gasteiger partial charge in [0.1, 0.15) is 0 Å². The van der Waals surface area contributed by atoms with Gasteiger partial charge in [0.05, 0.1) is 30.7 Å². The fourth-order valence-corrected chi connectivity index (χ4v) is 6.07. The van der Waals surface area contributed by atoms with Crippen molar-refractivity contribution in [2.24, 2.45) is 11.0 Å². The van der Waals surface area contributed by atoms with Gasteiger partial charge in [0, 0.05) is 18.5 Å². The van der Waals surface area contributed by atoms with Crippen LogP contribution in [0.15, 0.2) is 84.0 Å². The Morgan fingerprint density at radius 3 is 2.38 bits per heavy atom. The second-order valence-corrected chi connectivity index (χ2v) is 11.8. The van der Waals surface area contributed by atoms with Gasteiger partial charge in [-0.3, -0.25) is 14.4 Å². The molecular weight excluding hydrogens is 526 g/mol. The number of nitrogens with one attached hydrogen (secondary N) is 1. The minimum Gasteiger partial charge on any atom is -0.468 e. The number of benzene rings is 3. The number of ether oxygens (including phenoxy) is 1. The molecule has 1 aliphatic heterocycles. The molecule has 2 amide bonds. The molecule has 3 aromatic rings. The van der Waals surface area contributed by atoms with Crippen molar-refractivity contribution in [2.75, 3.05) is 12.4 Å². The van der Waals surface area contributed by atoms with E-state index in [4.69, 9.17) is 4.74 Å². The molecule has 1 saturated carbocycles. The van der Waals surface area contributed by atoms with Gasteiger partial charge in [0.15, 0.2) is 0 Å². The third-order valence-corrected chi connectivity index (χ3v) is 8.58. The molecule has 1 unspecified atom stereocenters. The maximum absolute atomic E-state index is 13.8. The van der Waals surface area contributed by atoms with Crippen molar-refractivity contribution in [1.82, 2.24) is 5.01 Å². The number of carbonyl (C=O) groups is 3. The Morgan fingerprint density at radius 2 is 1.69 bits per heavy atom. The van der Waals surface area contributed by atoms with E-state index in [9.17, 15) is 14.4 Å². The van der Waals surface area contributed by atoms with E-state index in [1.807, 2.05) is 92.7 Å². The summed E-state index contributed by atoms with van der Waals surface area (Å²) < 4.78 is 4.99. The van der Waals surface area contributed by atoms with E-state index in [0.29, 0.717) is 25.1 Å². The molecule has 7 nitrogen and oxygen atoms in total. The van der Waals surface area contributed by atoms with E-state index in [1.54, 1.807) is 5.01 Å². The number of rotatable bonds is 9. The molecule has 2 aliphatic rings. The Bertz CT molecular complexity index is 1460. The maximum atomic E-state index is 13.8. The normalized spacial score (nSPS) is 16.6. The molecule has 0 aromatic heterocycles. The number of hydrogen-bond donors (Lipinski definition) is 1. The van der Waals surface area contributed by atoms with Crippen molar-refractivity contribution in [3.63, 3.8) is 0 Å². The lowest BCUT2D eigenvalue weighted by Crippen LogP contribution is -2.31. The minimum atomic E-state index is -0.835. The molecule has 0 radical (unpaired) electrons. The smallest absolute Gasteiger partial charge is 0.315 e. The molecule has 1 fully saturated rings. The number of carbonyl (C=O) groups excluding carboxylic acids is 3. The molecule has 1 N–H and O–H groups in total. The van der Waals surface area contributed by atoms with Crippen LogP contribution in [0.25, 0.3) is 0 Å². The number of methoxy groups -OCH3 is 1. The van der Waals surface area contributed by atoms with E-state index in [0.717, 1.165) is 53.6 Å². The molecule has 0 bridgehead atoms. The highest BCUT2D eigenvalue weighted by molar-refractivity contribution is 6.04. The molecule has 0 spiro atoms. The zero-order valence-electron chi connectivity index (χ0n) is 24.6. The molecule has 5 rings (SSSR count). The van der Waals surface area contributed by atoms with Gasteiger partial charge < -0.3 is 10.1 Å². The Labute approximate surface area is 248 Å². The highest BCUT2D eigenvalue weighted by Gasteiger charge is 2.34. The maximum Gasteiger partial charge on any atom is 0.315 e. The number of esters is 1. The molecule has 1 atom stereocenters. The third kappa shape index (κ3) is 6.46. The summed E-state index contributed by atoms with van der Waals surface area (Å²) >= 11 is 0. The molecular formula is C35H39N3O4. The fraction of sp³-hybridized carbons (Fsp3) is 0.371. The van der Waals surface area contributed by atoms with Crippen LogP contribution >= 0.6 is 0 Å².